The molecular weight excluding hydrogens is 554 g/mol. The highest BCUT2D eigenvalue weighted by atomic mass is 16.6. The van der Waals surface area contributed by atoms with Crippen molar-refractivity contribution in [2.75, 3.05) is 66.4 Å². The summed E-state index contributed by atoms with van der Waals surface area (Å²) in [6, 6.07) is 0.480. The maximum absolute atomic E-state index is 10.4. The van der Waals surface area contributed by atoms with E-state index in [0.717, 1.165) is 56.7 Å². The molecule has 0 amide bonds. The third-order valence-corrected chi connectivity index (χ3v) is 13.0. The number of aliphatic hydroxyl groups is 1. The Labute approximate surface area is 267 Å². The number of aliphatic hydroxyl groups excluding tert-OH is 1. The molecule has 0 aromatic carbocycles. The second kappa shape index (κ2) is 14.1. The molecule has 4 fully saturated rings. The summed E-state index contributed by atoms with van der Waals surface area (Å²) in [7, 11) is 1.68. The van der Waals surface area contributed by atoms with Crippen LogP contribution in [0.15, 0.2) is 22.8 Å². The maximum atomic E-state index is 10.4. The molecule has 6 aliphatic rings. The lowest BCUT2D eigenvalue weighted by atomic mass is 9.56. The molecule has 10 atom stereocenters. The van der Waals surface area contributed by atoms with Gasteiger partial charge in [0.25, 0.3) is 0 Å². The van der Waals surface area contributed by atoms with Gasteiger partial charge < -0.3 is 28.8 Å². The van der Waals surface area contributed by atoms with E-state index in [1.165, 1.54) is 38.5 Å². The minimum absolute atomic E-state index is 0.0346. The van der Waals surface area contributed by atoms with E-state index in [2.05, 4.69) is 38.7 Å². The number of methoxy groups -OCH3 is 1. The van der Waals surface area contributed by atoms with Crippen LogP contribution in [0.2, 0.25) is 0 Å². The molecule has 7 nitrogen and oxygen atoms in total. The molecule has 4 aliphatic carbocycles. The largest absolute Gasteiger partial charge is 0.389 e. The molecule has 0 bridgehead atoms. The molecule has 6 rings (SSSR count). The zero-order valence-corrected chi connectivity index (χ0v) is 28.4. The molecule has 1 N–H and O–H groups in total. The summed E-state index contributed by atoms with van der Waals surface area (Å²) in [5.41, 5.74) is 5.25. The Morgan fingerprint density at radius 3 is 2.45 bits per heavy atom. The second-order valence-corrected chi connectivity index (χ2v) is 15.5. The van der Waals surface area contributed by atoms with E-state index >= 15 is 0 Å². The van der Waals surface area contributed by atoms with Gasteiger partial charge in [-0.25, -0.2) is 0 Å². The van der Waals surface area contributed by atoms with Crippen molar-refractivity contribution in [1.29, 1.82) is 0 Å². The highest BCUT2D eigenvalue weighted by Gasteiger charge is 2.59. The zero-order valence-electron chi connectivity index (χ0n) is 28.4. The van der Waals surface area contributed by atoms with Crippen molar-refractivity contribution in [1.82, 2.24) is 4.90 Å². The first kappa shape index (κ1) is 33.1. The fourth-order valence-electron chi connectivity index (χ4n) is 10.8. The highest BCUT2D eigenvalue weighted by molar-refractivity contribution is 5.33. The number of rotatable bonds is 12. The Hall–Kier alpha value is -0.800. The summed E-state index contributed by atoms with van der Waals surface area (Å²) >= 11 is 0. The Morgan fingerprint density at radius 1 is 0.977 bits per heavy atom. The van der Waals surface area contributed by atoms with Crippen molar-refractivity contribution in [2.45, 2.75) is 109 Å². The number of piperidine rings is 1. The van der Waals surface area contributed by atoms with E-state index in [1.54, 1.807) is 23.8 Å². The molecule has 0 aromatic heterocycles. The first-order valence-electron chi connectivity index (χ1n) is 18.0. The zero-order chi connectivity index (χ0) is 30.9. The number of allylic oxidation sites excluding steroid dienone is 2. The molecule has 0 aromatic rings. The molecule has 250 valence electrons. The predicted molar refractivity (Wildman–Crippen MR) is 173 cm³/mol. The first-order chi connectivity index (χ1) is 21.3. The van der Waals surface area contributed by atoms with Crippen molar-refractivity contribution in [3.8, 4) is 0 Å². The molecule has 44 heavy (non-hydrogen) atoms. The van der Waals surface area contributed by atoms with Crippen molar-refractivity contribution in [3.63, 3.8) is 0 Å². The lowest BCUT2D eigenvalue weighted by Gasteiger charge is -2.49. The predicted octanol–water partition coefficient (Wildman–Crippen LogP) is 5.80. The van der Waals surface area contributed by atoms with E-state index < -0.39 is 0 Å². The van der Waals surface area contributed by atoms with Gasteiger partial charge >= 0.3 is 0 Å². The molecule has 2 saturated heterocycles. The molecule has 2 aliphatic heterocycles. The van der Waals surface area contributed by atoms with Crippen molar-refractivity contribution in [3.05, 3.63) is 22.8 Å². The van der Waals surface area contributed by atoms with Crippen LogP contribution >= 0.6 is 0 Å². The average molecular weight is 616 g/mol. The van der Waals surface area contributed by atoms with E-state index in [4.69, 9.17) is 23.7 Å². The number of nitrogens with zero attached hydrogens (tertiary/aromatic N) is 1. The minimum Gasteiger partial charge on any atom is -0.389 e. The number of ether oxygens (including phenoxy) is 5. The van der Waals surface area contributed by atoms with Gasteiger partial charge in [0.05, 0.1) is 64.1 Å². The van der Waals surface area contributed by atoms with Crippen LogP contribution in [-0.2, 0) is 23.7 Å². The average Bonchev–Trinajstić information content (AvgIpc) is 3.46. The van der Waals surface area contributed by atoms with Gasteiger partial charge in [-0.15, -0.1) is 0 Å². The van der Waals surface area contributed by atoms with Crippen molar-refractivity contribution in [2.24, 2.45) is 35.0 Å². The van der Waals surface area contributed by atoms with Gasteiger partial charge in [-0.1, -0.05) is 43.6 Å². The van der Waals surface area contributed by atoms with Gasteiger partial charge in [-0.05, 0) is 93.8 Å². The molecule has 2 saturated carbocycles. The Morgan fingerprint density at radius 2 is 1.70 bits per heavy atom. The van der Waals surface area contributed by atoms with Gasteiger partial charge in [-0.2, -0.15) is 0 Å². The van der Waals surface area contributed by atoms with E-state index in [9.17, 15) is 5.11 Å². The van der Waals surface area contributed by atoms with Gasteiger partial charge in [0.1, 0.15) is 0 Å². The Kier molecular flexibility index (Phi) is 10.6. The van der Waals surface area contributed by atoms with Gasteiger partial charge in [0.15, 0.2) is 0 Å². The van der Waals surface area contributed by atoms with Crippen LogP contribution in [0.25, 0.3) is 0 Å². The maximum Gasteiger partial charge on any atom is 0.0765 e. The van der Waals surface area contributed by atoms with Gasteiger partial charge in [0, 0.05) is 32.2 Å². The monoisotopic (exact) mass is 615 g/mol. The summed E-state index contributed by atoms with van der Waals surface area (Å²) in [4.78, 5) is 2.71. The third-order valence-electron chi connectivity index (χ3n) is 13.0. The summed E-state index contributed by atoms with van der Waals surface area (Å²) < 4.78 is 29.4. The summed E-state index contributed by atoms with van der Waals surface area (Å²) in [5.74, 6) is 3.44. The fourth-order valence-corrected chi connectivity index (χ4v) is 10.8. The second-order valence-electron chi connectivity index (χ2n) is 15.5. The van der Waals surface area contributed by atoms with E-state index in [0.29, 0.717) is 63.6 Å². The van der Waals surface area contributed by atoms with Crippen LogP contribution in [0.3, 0.4) is 0 Å². The first-order valence-corrected chi connectivity index (χ1v) is 18.0. The van der Waals surface area contributed by atoms with Crippen LogP contribution in [0.4, 0.5) is 0 Å². The van der Waals surface area contributed by atoms with Crippen LogP contribution in [0.1, 0.15) is 85.5 Å². The lowest BCUT2D eigenvalue weighted by molar-refractivity contribution is -0.0807. The molecule has 0 unspecified atom stereocenters. The fraction of sp³-hybridized carbons (Fsp3) is 0.892. The molecular formula is C37H61NO6. The number of likely N-dealkylation sites (tertiary alicyclic amines) is 1. The molecule has 0 radical (unpaired) electrons. The van der Waals surface area contributed by atoms with Crippen LogP contribution in [0, 0.1) is 35.0 Å². The van der Waals surface area contributed by atoms with Crippen LogP contribution in [0.5, 0.6) is 0 Å². The molecule has 1 spiro atoms. The van der Waals surface area contributed by atoms with Crippen molar-refractivity contribution >= 4 is 0 Å². The van der Waals surface area contributed by atoms with E-state index in [-0.39, 0.29) is 17.1 Å². The Bertz CT molecular complexity index is 1050. The van der Waals surface area contributed by atoms with Gasteiger partial charge in [0.2, 0.25) is 0 Å². The number of hydrogen-bond donors (Lipinski definition) is 1. The van der Waals surface area contributed by atoms with Gasteiger partial charge in [-0.3, -0.25) is 4.90 Å². The van der Waals surface area contributed by atoms with Crippen molar-refractivity contribution < 1.29 is 28.8 Å². The number of fused-ring (bicyclic) bond motifs is 6. The smallest absolute Gasteiger partial charge is 0.0765 e. The standard InChI is InChI=1S/C37H61NO6/c1-25-20-34-35(38(24-25)12-13-41-16-17-43-19-18-42-15-14-40-5)27(3)37(44-34)11-9-30-31-7-6-28-21-29(39)8-10-36(28,4)33(31)22-32(30)26(2)23-37/h21,25,27,29-31,33-35,39H,6-20,22-24H2,1-5H3/t25-,27+,29-,30-,31-,33-,34+,35-,36-,37-/m0/s1. The summed E-state index contributed by atoms with van der Waals surface area (Å²) in [5, 5.41) is 10.4. The SMILES string of the molecule is COCCOCCOCCOCCN1C[C@@H](C)C[C@H]2O[C@]3(CC[C@@H]4C(=C(C)C3)C[C@H]3[C@H]4CCC4=C[C@@H](O)CC[C@@]43C)[C@H](C)[C@@H]21. The van der Waals surface area contributed by atoms with E-state index in [1.807, 2.05) is 0 Å². The number of hydrogen-bond acceptors (Lipinski definition) is 7. The molecule has 7 heteroatoms. The normalized spacial score (nSPS) is 42.1. The Balaban J connectivity index is 1.05. The van der Waals surface area contributed by atoms with Crippen LogP contribution in [-0.4, -0.2) is 100 Å². The topological polar surface area (TPSA) is 69.6 Å². The summed E-state index contributed by atoms with van der Waals surface area (Å²) in [6.07, 6.45) is 12.9. The molecule has 2 heterocycles. The minimum atomic E-state index is -0.225. The third kappa shape index (κ3) is 6.50. The highest BCUT2D eigenvalue weighted by Crippen LogP contribution is 2.64. The summed E-state index contributed by atoms with van der Waals surface area (Å²) in [6.45, 7) is 16.4. The lowest BCUT2D eigenvalue weighted by Crippen LogP contribution is -2.52. The quantitative estimate of drug-likeness (QED) is 0.220. The van der Waals surface area contributed by atoms with Crippen LogP contribution < -0.4 is 0 Å².